The van der Waals surface area contributed by atoms with Gasteiger partial charge in [0.05, 0.1) is 0 Å². The molecule has 2 rings (SSSR count). The van der Waals surface area contributed by atoms with Crippen LogP contribution in [0.5, 0.6) is 0 Å². The second kappa shape index (κ2) is 4.91. The van der Waals surface area contributed by atoms with E-state index < -0.39 is 0 Å². The van der Waals surface area contributed by atoms with E-state index in [9.17, 15) is 0 Å². The largest absolute Gasteiger partial charge is 0.461 e. The molecule has 0 aliphatic carbocycles. The van der Waals surface area contributed by atoms with E-state index in [0.717, 1.165) is 22.4 Å². The molecular weight excluding hydrogens is 210 g/mol. The summed E-state index contributed by atoms with van der Waals surface area (Å²) in [7, 11) is 0. The molecule has 0 N–H and O–H groups in total. The van der Waals surface area contributed by atoms with E-state index >= 15 is 0 Å². The number of fused-ring (bicyclic) bond motifs is 1. The standard InChI is InChI=1S/C15H21NO/c1-5-6-11(4)13-8-15-12(9-16-13)7-14(17-15)10(2)3/h7-11H,5-6H2,1-4H3. The fourth-order valence-electron chi connectivity index (χ4n) is 2.10. The number of hydrogen-bond acceptors (Lipinski definition) is 2. The molecule has 0 bridgehead atoms. The Hall–Kier alpha value is -1.31. The molecule has 2 aromatic heterocycles. The van der Waals surface area contributed by atoms with Crippen molar-refractivity contribution < 1.29 is 4.42 Å². The van der Waals surface area contributed by atoms with Gasteiger partial charge in [-0.15, -0.1) is 0 Å². The van der Waals surface area contributed by atoms with Crippen LogP contribution < -0.4 is 0 Å². The topological polar surface area (TPSA) is 26.0 Å². The lowest BCUT2D eigenvalue weighted by molar-refractivity contribution is 0.520. The summed E-state index contributed by atoms with van der Waals surface area (Å²) in [5, 5.41) is 1.11. The van der Waals surface area contributed by atoms with E-state index in [1.54, 1.807) is 0 Å². The monoisotopic (exact) mass is 231 g/mol. The minimum absolute atomic E-state index is 0.430. The molecule has 0 amide bonds. The smallest absolute Gasteiger partial charge is 0.137 e. The first kappa shape index (κ1) is 12.2. The van der Waals surface area contributed by atoms with Crippen molar-refractivity contribution in [3.05, 3.63) is 29.8 Å². The summed E-state index contributed by atoms with van der Waals surface area (Å²) in [6.45, 7) is 8.72. The molecule has 0 aromatic carbocycles. The van der Waals surface area contributed by atoms with Crippen molar-refractivity contribution in [3.8, 4) is 0 Å². The lowest BCUT2D eigenvalue weighted by Crippen LogP contribution is -1.95. The summed E-state index contributed by atoms with van der Waals surface area (Å²) in [6.07, 6.45) is 4.30. The minimum atomic E-state index is 0.430. The molecule has 0 saturated carbocycles. The van der Waals surface area contributed by atoms with Crippen molar-refractivity contribution in [2.75, 3.05) is 0 Å². The van der Waals surface area contributed by atoms with Gasteiger partial charge in [0, 0.05) is 29.3 Å². The summed E-state index contributed by atoms with van der Waals surface area (Å²) in [5.74, 6) is 1.98. The predicted molar refractivity (Wildman–Crippen MR) is 71.4 cm³/mol. The molecule has 0 radical (unpaired) electrons. The highest BCUT2D eigenvalue weighted by Crippen LogP contribution is 2.27. The Morgan fingerprint density at radius 2 is 2.00 bits per heavy atom. The average Bonchev–Trinajstić information content (AvgIpc) is 2.71. The number of hydrogen-bond donors (Lipinski definition) is 0. The first-order chi connectivity index (χ1) is 8.11. The van der Waals surface area contributed by atoms with Crippen LogP contribution in [0.15, 0.2) is 22.7 Å². The molecule has 2 aromatic rings. The molecular formula is C15H21NO. The molecule has 92 valence electrons. The normalized spacial score (nSPS) is 13.5. The van der Waals surface area contributed by atoms with E-state index in [2.05, 4.69) is 44.8 Å². The highest BCUT2D eigenvalue weighted by Gasteiger charge is 2.11. The van der Waals surface area contributed by atoms with Crippen LogP contribution in [0.1, 0.15) is 63.8 Å². The van der Waals surface area contributed by atoms with Gasteiger partial charge in [-0.25, -0.2) is 0 Å². The molecule has 0 saturated heterocycles. The summed E-state index contributed by atoms with van der Waals surface area (Å²) < 4.78 is 5.86. The fraction of sp³-hybridized carbons (Fsp3) is 0.533. The molecule has 0 aliphatic heterocycles. The van der Waals surface area contributed by atoms with Crippen molar-refractivity contribution >= 4 is 11.0 Å². The quantitative estimate of drug-likeness (QED) is 0.751. The second-order valence-corrected chi connectivity index (χ2v) is 5.14. The number of pyridine rings is 1. The van der Waals surface area contributed by atoms with Crippen LogP contribution in [0, 0.1) is 0 Å². The Morgan fingerprint density at radius 3 is 2.65 bits per heavy atom. The first-order valence-corrected chi connectivity index (χ1v) is 6.51. The van der Waals surface area contributed by atoms with Crippen molar-refractivity contribution in [1.82, 2.24) is 4.98 Å². The molecule has 0 fully saturated rings. The van der Waals surface area contributed by atoms with E-state index in [4.69, 9.17) is 4.42 Å². The molecule has 0 spiro atoms. The van der Waals surface area contributed by atoms with Crippen LogP contribution >= 0.6 is 0 Å². The Balaban J connectivity index is 2.36. The number of aromatic nitrogens is 1. The van der Waals surface area contributed by atoms with Crippen molar-refractivity contribution in [1.29, 1.82) is 0 Å². The first-order valence-electron chi connectivity index (χ1n) is 6.51. The van der Waals surface area contributed by atoms with Gasteiger partial charge in [0.25, 0.3) is 0 Å². The third-order valence-corrected chi connectivity index (χ3v) is 3.24. The van der Waals surface area contributed by atoms with Crippen LogP contribution in [0.2, 0.25) is 0 Å². The van der Waals surface area contributed by atoms with Crippen LogP contribution in [-0.4, -0.2) is 4.98 Å². The van der Waals surface area contributed by atoms with Gasteiger partial charge in [-0.05, 0) is 18.4 Å². The lowest BCUT2D eigenvalue weighted by Gasteiger charge is -2.08. The number of nitrogens with zero attached hydrogens (tertiary/aromatic N) is 1. The van der Waals surface area contributed by atoms with Crippen molar-refractivity contribution in [2.45, 2.75) is 52.4 Å². The maximum atomic E-state index is 5.86. The zero-order chi connectivity index (χ0) is 12.4. The van der Waals surface area contributed by atoms with E-state index in [1.807, 2.05) is 6.20 Å². The maximum absolute atomic E-state index is 5.86. The van der Waals surface area contributed by atoms with Gasteiger partial charge in [-0.3, -0.25) is 4.98 Å². The molecule has 2 nitrogen and oxygen atoms in total. The SMILES string of the molecule is CCCC(C)c1cc2oc(C(C)C)cc2cn1. The second-order valence-electron chi connectivity index (χ2n) is 5.14. The third kappa shape index (κ3) is 2.51. The summed E-state index contributed by atoms with van der Waals surface area (Å²) in [4.78, 5) is 4.54. The van der Waals surface area contributed by atoms with E-state index in [1.165, 1.54) is 12.8 Å². The van der Waals surface area contributed by atoms with Gasteiger partial charge >= 0.3 is 0 Å². The predicted octanol–water partition coefficient (Wildman–Crippen LogP) is 4.85. The van der Waals surface area contributed by atoms with Crippen LogP contribution in [0.4, 0.5) is 0 Å². The summed E-state index contributed by atoms with van der Waals surface area (Å²) >= 11 is 0. The molecule has 1 atom stereocenters. The zero-order valence-electron chi connectivity index (χ0n) is 11.2. The number of rotatable bonds is 4. The Kier molecular flexibility index (Phi) is 3.51. The van der Waals surface area contributed by atoms with Gasteiger partial charge in [-0.1, -0.05) is 34.1 Å². The van der Waals surface area contributed by atoms with E-state index in [-0.39, 0.29) is 0 Å². The summed E-state index contributed by atoms with van der Waals surface area (Å²) in [6, 6.07) is 4.20. The Labute approximate surface area is 103 Å². The molecule has 17 heavy (non-hydrogen) atoms. The van der Waals surface area contributed by atoms with Gasteiger partial charge < -0.3 is 4.42 Å². The van der Waals surface area contributed by atoms with Gasteiger partial charge in [0.1, 0.15) is 11.3 Å². The molecule has 2 heteroatoms. The average molecular weight is 231 g/mol. The highest BCUT2D eigenvalue weighted by molar-refractivity contribution is 5.77. The summed E-state index contributed by atoms with van der Waals surface area (Å²) in [5.41, 5.74) is 2.12. The maximum Gasteiger partial charge on any atom is 0.137 e. The third-order valence-electron chi connectivity index (χ3n) is 3.24. The lowest BCUT2D eigenvalue weighted by atomic mass is 10.0. The Bertz CT molecular complexity index is 499. The molecule has 2 heterocycles. The van der Waals surface area contributed by atoms with Crippen molar-refractivity contribution in [3.63, 3.8) is 0 Å². The van der Waals surface area contributed by atoms with Gasteiger partial charge in [0.15, 0.2) is 0 Å². The van der Waals surface area contributed by atoms with Crippen molar-refractivity contribution in [2.24, 2.45) is 0 Å². The van der Waals surface area contributed by atoms with Crippen LogP contribution in [0.25, 0.3) is 11.0 Å². The number of furan rings is 1. The van der Waals surface area contributed by atoms with Gasteiger partial charge in [0.2, 0.25) is 0 Å². The fourth-order valence-corrected chi connectivity index (χ4v) is 2.10. The Morgan fingerprint density at radius 1 is 1.24 bits per heavy atom. The highest BCUT2D eigenvalue weighted by atomic mass is 16.3. The van der Waals surface area contributed by atoms with Gasteiger partial charge in [-0.2, -0.15) is 0 Å². The minimum Gasteiger partial charge on any atom is -0.461 e. The molecule has 1 unspecified atom stereocenters. The van der Waals surface area contributed by atoms with E-state index in [0.29, 0.717) is 11.8 Å². The van der Waals surface area contributed by atoms with Crippen LogP contribution in [0.3, 0.4) is 0 Å². The zero-order valence-corrected chi connectivity index (χ0v) is 11.2. The van der Waals surface area contributed by atoms with Crippen LogP contribution in [-0.2, 0) is 0 Å². The molecule has 0 aliphatic rings.